The zero-order chi connectivity index (χ0) is 48.6. The molecule has 0 aliphatic carbocycles. The summed E-state index contributed by atoms with van der Waals surface area (Å²) >= 11 is 0.896. The summed E-state index contributed by atoms with van der Waals surface area (Å²) in [4.78, 5) is 88.1. The molecule has 0 aromatic heterocycles. The Morgan fingerprint density at radius 2 is 0.884 bits per heavy atom. The summed E-state index contributed by atoms with van der Waals surface area (Å²) in [5.41, 5.74) is 3.34. The van der Waals surface area contributed by atoms with Crippen molar-refractivity contribution in [2.24, 2.45) is 0 Å². The molecule has 4 aromatic rings. The smallest absolute Gasteiger partial charge is 0.291 e. The monoisotopic (exact) mass is 958 g/mol. The number of amides is 4. The zero-order valence-corrected chi connectivity index (χ0v) is 39.4. The highest BCUT2D eigenvalue weighted by Crippen LogP contribution is 2.49. The highest BCUT2D eigenvalue weighted by molar-refractivity contribution is 7.99. The Balaban J connectivity index is 1.22. The predicted molar refractivity (Wildman–Crippen MR) is 263 cm³/mol. The Morgan fingerprint density at radius 1 is 0.522 bits per heavy atom. The summed E-state index contributed by atoms with van der Waals surface area (Å²) < 4.78 is 11.2. The van der Waals surface area contributed by atoms with Crippen LogP contribution in [0.2, 0.25) is 0 Å². The summed E-state index contributed by atoms with van der Waals surface area (Å²) in [6.45, 7) is 10.5. The number of piperazine rings is 2. The fourth-order valence-electron chi connectivity index (χ4n) is 9.08. The molecule has 4 aliphatic rings. The van der Waals surface area contributed by atoms with E-state index in [0.29, 0.717) is 127 Å². The molecule has 0 saturated carbocycles. The second kappa shape index (κ2) is 21.9. The van der Waals surface area contributed by atoms with Crippen LogP contribution in [0.15, 0.2) is 94.7 Å². The van der Waals surface area contributed by atoms with Crippen LogP contribution in [-0.2, 0) is 28.7 Å². The van der Waals surface area contributed by atoms with Crippen LogP contribution in [0.5, 0.6) is 0 Å². The van der Waals surface area contributed by atoms with Crippen LogP contribution in [0.1, 0.15) is 25.0 Å². The van der Waals surface area contributed by atoms with Crippen molar-refractivity contribution in [3.8, 4) is 22.3 Å². The van der Waals surface area contributed by atoms with Crippen molar-refractivity contribution in [2.75, 3.05) is 115 Å². The summed E-state index contributed by atoms with van der Waals surface area (Å²) in [6.07, 6.45) is 5.89. The van der Waals surface area contributed by atoms with Crippen molar-refractivity contribution in [2.45, 2.75) is 23.6 Å². The van der Waals surface area contributed by atoms with E-state index >= 15 is 0 Å². The molecule has 0 unspecified atom stereocenters. The molecule has 360 valence electrons. The van der Waals surface area contributed by atoms with E-state index in [4.69, 9.17) is 9.47 Å². The molecule has 4 saturated heterocycles. The fourth-order valence-corrected chi connectivity index (χ4v) is 10.1. The van der Waals surface area contributed by atoms with Gasteiger partial charge in [-0.25, -0.2) is 0 Å². The van der Waals surface area contributed by atoms with E-state index in [-0.39, 0.29) is 55.9 Å². The Labute approximate surface area is 404 Å². The standard InChI is InChI=1S/C50H54N8O10S/c1-35(59)51-17-21-55(22-18-51)45(61)15-11-37-9-13-43(49(57(63)64)47(37)39-5-3-7-41(33-39)53-25-29-67-30-26-53)69-44-14-10-38(12-16-46(62)56-23-19-52(20-24-56)36(2)60)48(50(44)58(65)66)40-6-4-8-42(34-40)54-27-31-68-32-28-54/h3-16,33-34H,17-32H2,1-2H3/b15-11+,16-12+. The molecular formula is C50H54N8O10S. The van der Waals surface area contributed by atoms with Crippen molar-refractivity contribution >= 4 is 70.3 Å². The van der Waals surface area contributed by atoms with Gasteiger partial charge in [0.15, 0.2) is 0 Å². The van der Waals surface area contributed by atoms with E-state index in [9.17, 15) is 39.4 Å². The van der Waals surface area contributed by atoms with E-state index in [1.165, 1.54) is 26.0 Å². The maximum Gasteiger partial charge on any atom is 0.291 e. The lowest BCUT2D eigenvalue weighted by atomic mass is 9.96. The second-order valence-electron chi connectivity index (χ2n) is 17.0. The number of benzene rings is 4. The third-order valence-corrected chi connectivity index (χ3v) is 13.9. The minimum Gasteiger partial charge on any atom is -0.378 e. The van der Waals surface area contributed by atoms with Crippen LogP contribution in [0.25, 0.3) is 34.4 Å². The van der Waals surface area contributed by atoms with Crippen LogP contribution < -0.4 is 9.80 Å². The maximum absolute atomic E-state index is 13.5. The molecule has 69 heavy (non-hydrogen) atoms. The Hall–Kier alpha value is -7.09. The van der Waals surface area contributed by atoms with Crippen molar-refractivity contribution in [3.63, 3.8) is 0 Å². The van der Waals surface area contributed by atoms with Gasteiger partial charge >= 0.3 is 0 Å². The van der Waals surface area contributed by atoms with Gasteiger partial charge < -0.3 is 38.9 Å². The summed E-state index contributed by atoms with van der Waals surface area (Å²) in [6, 6.07) is 21.2. The van der Waals surface area contributed by atoms with Gasteiger partial charge in [0, 0.05) is 116 Å². The fraction of sp³-hybridized carbons (Fsp3) is 0.360. The van der Waals surface area contributed by atoms with E-state index < -0.39 is 9.85 Å². The lowest BCUT2D eigenvalue weighted by Gasteiger charge is -2.33. The Morgan fingerprint density at radius 3 is 1.23 bits per heavy atom. The highest BCUT2D eigenvalue weighted by Gasteiger charge is 2.31. The van der Waals surface area contributed by atoms with Crippen molar-refractivity contribution in [3.05, 3.63) is 116 Å². The number of carbonyl (C=O) groups is 4. The summed E-state index contributed by atoms with van der Waals surface area (Å²) in [7, 11) is 0. The second-order valence-corrected chi connectivity index (χ2v) is 18.1. The normalized spacial score (nSPS) is 16.9. The van der Waals surface area contributed by atoms with Crippen molar-refractivity contribution < 1.29 is 38.5 Å². The van der Waals surface area contributed by atoms with Crippen LogP contribution >= 0.6 is 11.8 Å². The first kappa shape index (κ1) is 48.4. The predicted octanol–water partition coefficient (Wildman–Crippen LogP) is 6.07. The largest absolute Gasteiger partial charge is 0.378 e. The molecule has 8 rings (SSSR count). The molecule has 0 spiro atoms. The van der Waals surface area contributed by atoms with Gasteiger partial charge in [0.05, 0.1) is 57.2 Å². The molecule has 4 fully saturated rings. The number of nitro groups is 2. The number of rotatable bonds is 12. The van der Waals surface area contributed by atoms with Gasteiger partial charge in [-0.2, -0.15) is 0 Å². The van der Waals surface area contributed by atoms with Gasteiger partial charge in [0.25, 0.3) is 11.4 Å². The van der Waals surface area contributed by atoms with Crippen LogP contribution in [0.4, 0.5) is 22.7 Å². The summed E-state index contributed by atoms with van der Waals surface area (Å²) in [5.74, 6) is -0.744. The average Bonchev–Trinajstić information content (AvgIpc) is 3.37. The first-order valence-corrected chi connectivity index (χ1v) is 23.8. The van der Waals surface area contributed by atoms with Gasteiger partial charge in [0.2, 0.25) is 23.6 Å². The number of hydrogen-bond donors (Lipinski definition) is 0. The van der Waals surface area contributed by atoms with Crippen LogP contribution in [0.3, 0.4) is 0 Å². The molecule has 4 heterocycles. The number of hydrogen-bond acceptors (Lipinski definition) is 13. The minimum atomic E-state index is -0.489. The van der Waals surface area contributed by atoms with Gasteiger partial charge in [-0.1, -0.05) is 48.2 Å². The SMILES string of the molecule is CC(=O)N1CCN(C(=O)/C=C/c2ccc(Sc3ccc(/C=C/C(=O)N4CCN(C(C)=O)CC4)c(-c4cccc(N5CCOCC5)c4)c3[N+](=O)[O-])c([N+](=O)[O-])c2-c2cccc(N3CCOCC3)c2)CC1. The van der Waals surface area contributed by atoms with Crippen LogP contribution in [0, 0.1) is 20.2 Å². The number of morpholine rings is 2. The number of nitro benzene ring substituents is 2. The zero-order valence-electron chi connectivity index (χ0n) is 38.6. The minimum absolute atomic E-state index is 0.0658. The Kier molecular flexibility index (Phi) is 15.4. The molecule has 19 heteroatoms. The molecule has 4 amide bonds. The third kappa shape index (κ3) is 11.3. The van der Waals surface area contributed by atoms with E-state index in [1.54, 1.807) is 68.1 Å². The van der Waals surface area contributed by atoms with E-state index in [1.807, 2.05) is 36.4 Å². The molecule has 0 N–H and O–H groups in total. The third-order valence-electron chi connectivity index (χ3n) is 12.8. The molecule has 4 aromatic carbocycles. The number of nitrogens with zero attached hydrogens (tertiary/aromatic N) is 8. The molecule has 0 atom stereocenters. The van der Waals surface area contributed by atoms with Gasteiger partial charge in [-0.05, 0) is 70.8 Å². The molecule has 0 bridgehead atoms. The number of carbonyl (C=O) groups excluding carboxylic acids is 4. The first-order chi connectivity index (χ1) is 33.4. The summed E-state index contributed by atoms with van der Waals surface area (Å²) in [5, 5.41) is 27.0. The lowest BCUT2D eigenvalue weighted by molar-refractivity contribution is -0.387. The first-order valence-electron chi connectivity index (χ1n) is 23.0. The Bertz CT molecular complexity index is 2500. The van der Waals surface area contributed by atoms with E-state index in [2.05, 4.69) is 9.80 Å². The van der Waals surface area contributed by atoms with E-state index in [0.717, 1.165) is 23.1 Å². The molecule has 4 aliphatic heterocycles. The van der Waals surface area contributed by atoms with Gasteiger partial charge in [0.1, 0.15) is 0 Å². The topological polar surface area (TPSA) is 192 Å². The highest BCUT2D eigenvalue weighted by atomic mass is 32.2. The van der Waals surface area contributed by atoms with Gasteiger partial charge in [-0.15, -0.1) is 0 Å². The van der Waals surface area contributed by atoms with Crippen LogP contribution in [-0.4, -0.2) is 158 Å². The number of anilines is 2. The maximum atomic E-state index is 13.5. The molecular weight excluding hydrogens is 905 g/mol. The number of ether oxygens (including phenoxy) is 2. The quantitative estimate of drug-likeness (QED) is 0.0904. The van der Waals surface area contributed by atoms with Crippen molar-refractivity contribution in [1.29, 1.82) is 0 Å². The lowest BCUT2D eigenvalue weighted by Crippen LogP contribution is -2.49. The molecule has 0 radical (unpaired) electrons. The molecule has 18 nitrogen and oxygen atoms in total. The van der Waals surface area contributed by atoms with Gasteiger partial charge in [-0.3, -0.25) is 39.4 Å². The van der Waals surface area contributed by atoms with Crippen molar-refractivity contribution in [1.82, 2.24) is 19.6 Å². The average molecular weight is 959 g/mol.